The van der Waals surface area contributed by atoms with Crippen molar-refractivity contribution in [3.05, 3.63) is 12.2 Å². The first-order valence-electron chi connectivity index (χ1n) is 10.6. The first-order chi connectivity index (χ1) is 15.9. The van der Waals surface area contributed by atoms with Gasteiger partial charge in [-0.3, -0.25) is 29.4 Å². The minimum atomic E-state index is -0.571. The summed E-state index contributed by atoms with van der Waals surface area (Å²) >= 11 is 0. The highest BCUT2D eigenvalue weighted by atomic mass is 16.6. The fourth-order valence-electron chi connectivity index (χ4n) is 2.61. The van der Waals surface area contributed by atoms with Crippen molar-refractivity contribution < 1.29 is 38.2 Å². The molecule has 1 heterocycles. The van der Waals surface area contributed by atoms with E-state index in [2.05, 4.69) is 21.3 Å². The van der Waals surface area contributed by atoms with Gasteiger partial charge in [-0.05, 0) is 13.5 Å². The third-order valence-electron chi connectivity index (χ3n) is 4.29. The van der Waals surface area contributed by atoms with Gasteiger partial charge in [0.15, 0.2) is 0 Å². The molecule has 186 valence electrons. The fraction of sp³-hybridized carbons (Fsp3) is 0.650. The van der Waals surface area contributed by atoms with Crippen molar-refractivity contribution in [2.75, 3.05) is 60.3 Å². The Morgan fingerprint density at radius 2 is 1.61 bits per heavy atom. The highest BCUT2D eigenvalue weighted by molar-refractivity contribution is 6.13. The van der Waals surface area contributed by atoms with Crippen molar-refractivity contribution in [1.82, 2.24) is 26.2 Å². The molecule has 0 bridgehead atoms. The zero-order valence-electron chi connectivity index (χ0n) is 19.0. The van der Waals surface area contributed by atoms with Crippen LogP contribution in [0.4, 0.5) is 4.79 Å². The average Bonchev–Trinajstić information content (AvgIpc) is 3.12. The van der Waals surface area contributed by atoms with Crippen LogP contribution >= 0.6 is 0 Å². The molecule has 1 atom stereocenters. The van der Waals surface area contributed by atoms with Crippen LogP contribution in [0.2, 0.25) is 0 Å². The number of imide groups is 1. The summed E-state index contributed by atoms with van der Waals surface area (Å²) in [6.45, 7) is 1.32. The zero-order chi connectivity index (χ0) is 24.5. The molecule has 0 saturated heterocycles. The minimum absolute atomic E-state index is 0.00667. The second-order valence-electron chi connectivity index (χ2n) is 6.92. The van der Waals surface area contributed by atoms with Gasteiger partial charge in [0, 0.05) is 58.3 Å². The molecular formula is C20H33N5O8. The second-order valence-corrected chi connectivity index (χ2v) is 6.92. The van der Waals surface area contributed by atoms with Gasteiger partial charge in [-0.25, -0.2) is 4.79 Å². The number of hydrogen-bond donors (Lipinski definition) is 4. The molecule has 0 aliphatic carbocycles. The lowest BCUT2D eigenvalue weighted by Gasteiger charge is -2.18. The Morgan fingerprint density at radius 1 is 0.970 bits per heavy atom. The lowest BCUT2D eigenvalue weighted by atomic mass is 10.3. The Balaban J connectivity index is 2.11. The van der Waals surface area contributed by atoms with Crippen molar-refractivity contribution in [1.29, 1.82) is 0 Å². The van der Waals surface area contributed by atoms with Crippen LogP contribution in [-0.2, 0) is 33.4 Å². The molecule has 0 fully saturated rings. The van der Waals surface area contributed by atoms with Crippen LogP contribution in [0.25, 0.3) is 0 Å². The lowest BCUT2D eigenvalue weighted by molar-refractivity contribution is -0.137. The number of rotatable bonds is 17. The van der Waals surface area contributed by atoms with Crippen molar-refractivity contribution in [2.45, 2.75) is 25.4 Å². The second kappa shape index (κ2) is 16.6. The lowest BCUT2D eigenvalue weighted by Crippen LogP contribution is -2.37. The third kappa shape index (κ3) is 12.6. The molecule has 1 unspecified atom stereocenters. The molecule has 0 radical (unpaired) electrons. The van der Waals surface area contributed by atoms with Crippen LogP contribution in [0.5, 0.6) is 0 Å². The third-order valence-corrected chi connectivity index (χ3v) is 4.29. The number of alkyl carbamates (subject to hydrolysis) is 1. The minimum Gasteiger partial charge on any atom is -0.447 e. The van der Waals surface area contributed by atoms with Crippen LogP contribution < -0.4 is 21.3 Å². The maximum atomic E-state index is 11.9. The number of carbonyl (C=O) groups is 5. The molecule has 0 aromatic carbocycles. The Labute approximate surface area is 192 Å². The molecule has 1 rings (SSSR count). The highest BCUT2D eigenvalue weighted by Crippen LogP contribution is 2.04. The number of nitrogens with one attached hydrogen (secondary N) is 4. The largest absolute Gasteiger partial charge is 0.447 e. The van der Waals surface area contributed by atoms with E-state index in [9.17, 15) is 24.0 Å². The number of ether oxygens (including phenoxy) is 3. The molecule has 13 nitrogen and oxygen atoms in total. The van der Waals surface area contributed by atoms with Gasteiger partial charge in [0.25, 0.3) is 11.8 Å². The van der Waals surface area contributed by atoms with E-state index in [0.717, 1.165) is 17.1 Å². The number of hydrogen-bond acceptors (Lipinski definition) is 9. The van der Waals surface area contributed by atoms with Gasteiger partial charge in [-0.15, -0.1) is 0 Å². The van der Waals surface area contributed by atoms with Gasteiger partial charge in [0.05, 0.1) is 13.3 Å². The summed E-state index contributed by atoms with van der Waals surface area (Å²) in [4.78, 5) is 58.7. The molecule has 5 amide bonds. The summed E-state index contributed by atoms with van der Waals surface area (Å²) in [6, 6.07) is 0. The normalized spacial score (nSPS) is 13.7. The van der Waals surface area contributed by atoms with Gasteiger partial charge in [-0.1, -0.05) is 0 Å². The molecule has 4 N–H and O–H groups in total. The summed E-state index contributed by atoms with van der Waals surface area (Å²) in [5.74, 6) is -1.38. The molecule has 1 aliphatic heterocycles. The Kier molecular flexibility index (Phi) is 14.1. The van der Waals surface area contributed by atoms with E-state index in [4.69, 9.17) is 14.2 Å². The van der Waals surface area contributed by atoms with Crippen molar-refractivity contribution in [2.24, 2.45) is 0 Å². The smallest absolute Gasteiger partial charge is 0.406 e. The SMILES string of the molecule is CNCOCC(COC(=O)NC)OCCCC(=O)NCCNC(=O)CCN1C(=O)C=CC1=O. The quantitative estimate of drug-likeness (QED) is 0.109. The topological polar surface area (TPSA) is 164 Å². The van der Waals surface area contributed by atoms with Gasteiger partial charge in [0.1, 0.15) is 12.7 Å². The maximum absolute atomic E-state index is 11.9. The van der Waals surface area contributed by atoms with Crippen molar-refractivity contribution >= 4 is 29.7 Å². The molecule has 13 heteroatoms. The van der Waals surface area contributed by atoms with Crippen molar-refractivity contribution in [3.63, 3.8) is 0 Å². The van der Waals surface area contributed by atoms with Gasteiger partial charge >= 0.3 is 6.09 Å². The summed E-state index contributed by atoms with van der Waals surface area (Å²) in [5, 5.41) is 10.5. The molecule has 0 spiro atoms. The Hall–Kier alpha value is -3.03. The van der Waals surface area contributed by atoms with E-state index in [1.165, 1.54) is 7.05 Å². The predicted octanol–water partition coefficient (Wildman–Crippen LogP) is -1.75. The van der Waals surface area contributed by atoms with Gasteiger partial charge < -0.3 is 30.2 Å². The van der Waals surface area contributed by atoms with Gasteiger partial charge in [-0.2, -0.15) is 0 Å². The summed E-state index contributed by atoms with van der Waals surface area (Å²) in [5.41, 5.74) is 0. The molecule has 0 saturated carbocycles. The molecule has 0 aromatic rings. The van der Waals surface area contributed by atoms with Crippen LogP contribution in [0.15, 0.2) is 12.2 Å². The number of nitrogens with zero attached hydrogens (tertiary/aromatic N) is 1. The first kappa shape index (κ1) is 28.0. The van der Waals surface area contributed by atoms with Crippen molar-refractivity contribution in [3.8, 4) is 0 Å². The first-order valence-corrected chi connectivity index (χ1v) is 10.6. The summed E-state index contributed by atoms with van der Waals surface area (Å²) < 4.78 is 15.9. The molecule has 33 heavy (non-hydrogen) atoms. The summed E-state index contributed by atoms with van der Waals surface area (Å²) in [7, 11) is 3.19. The van der Waals surface area contributed by atoms with E-state index in [1.54, 1.807) is 7.05 Å². The number of carbonyl (C=O) groups excluding carboxylic acids is 5. The van der Waals surface area contributed by atoms with Crippen LogP contribution in [-0.4, -0.2) is 101 Å². The van der Waals surface area contributed by atoms with Crippen LogP contribution in [0, 0.1) is 0 Å². The number of amides is 5. The van der Waals surface area contributed by atoms with E-state index in [1.807, 2.05) is 0 Å². The van der Waals surface area contributed by atoms with E-state index in [0.29, 0.717) is 13.2 Å². The summed E-state index contributed by atoms with van der Waals surface area (Å²) in [6.07, 6.45) is 1.96. The van der Waals surface area contributed by atoms with E-state index < -0.39 is 24.0 Å². The van der Waals surface area contributed by atoms with Crippen LogP contribution in [0.1, 0.15) is 19.3 Å². The van der Waals surface area contributed by atoms with Gasteiger partial charge in [0.2, 0.25) is 11.8 Å². The van der Waals surface area contributed by atoms with Crippen LogP contribution in [0.3, 0.4) is 0 Å². The van der Waals surface area contributed by atoms with E-state index >= 15 is 0 Å². The predicted molar refractivity (Wildman–Crippen MR) is 116 cm³/mol. The monoisotopic (exact) mass is 471 g/mol. The molecular weight excluding hydrogens is 438 g/mol. The molecule has 0 aromatic heterocycles. The fourth-order valence-corrected chi connectivity index (χ4v) is 2.61. The standard InChI is InChI=1S/C20H33N5O8/c1-21-14-31-12-15(13-33-20(30)22-2)32-11-3-4-16(26)23-8-9-24-17(27)7-10-25-18(28)5-6-19(25)29/h5-6,15,21H,3-4,7-14H2,1-2H3,(H,22,30)(H,23,26)(H,24,27). The molecule has 1 aliphatic rings. The van der Waals surface area contributed by atoms with E-state index in [-0.39, 0.29) is 64.1 Å². The average molecular weight is 472 g/mol. The highest BCUT2D eigenvalue weighted by Gasteiger charge is 2.23. The zero-order valence-corrected chi connectivity index (χ0v) is 19.0. The maximum Gasteiger partial charge on any atom is 0.406 e. The Morgan fingerprint density at radius 3 is 2.21 bits per heavy atom. The Bertz CT molecular complexity index is 682.